The van der Waals surface area contributed by atoms with Gasteiger partial charge in [0.15, 0.2) is 0 Å². The highest BCUT2D eigenvalue weighted by atomic mass is 16.6. The molecule has 1 rings (SSSR count). The third-order valence-corrected chi connectivity index (χ3v) is 2.87. The molecule has 108 valence electrons. The van der Waals surface area contributed by atoms with Gasteiger partial charge in [0.2, 0.25) is 0 Å². The van der Waals surface area contributed by atoms with E-state index in [1.807, 2.05) is 58.0 Å². The van der Waals surface area contributed by atoms with E-state index in [-0.39, 0.29) is 12.1 Å². The van der Waals surface area contributed by atoms with Crippen molar-refractivity contribution in [3.8, 4) is 12.3 Å². The van der Waals surface area contributed by atoms with Crippen molar-refractivity contribution < 1.29 is 9.53 Å². The van der Waals surface area contributed by atoms with Gasteiger partial charge < -0.3 is 9.64 Å². The molecule has 0 heterocycles. The maximum atomic E-state index is 12.3. The molecule has 0 aromatic heterocycles. The number of hydrogen-bond acceptors (Lipinski definition) is 2. The number of terminal acetylenes is 1. The quantitative estimate of drug-likeness (QED) is 0.776. The first-order chi connectivity index (χ1) is 9.35. The highest BCUT2D eigenvalue weighted by molar-refractivity contribution is 5.68. The lowest BCUT2D eigenvalue weighted by molar-refractivity contribution is 0.0178. The lowest BCUT2D eigenvalue weighted by Crippen LogP contribution is -2.39. The molecule has 1 aromatic rings. The highest BCUT2D eigenvalue weighted by Gasteiger charge is 2.26. The summed E-state index contributed by atoms with van der Waals surface area (Å²) in [5.74, 6) is 2.57. The molecule has 0 spiro atoms. The predicted molar refractivity (Wildman–Crippen MR) is 81.2 cm³/mol. The maximum absolute atomic E-state index is 12.3. The maximum Gasteiger partial charge on any atom is 0.410 e. The number of ether oxygens (including phenoxy) is 1. The Morgan fingerprint density at radius 3 is 2.45 bits per heavy atom. The zero-order valence-electron chi connectivity index (χ0n) is 12.7. The van der Waals surface area contributed by atoms with Crippen LogP contribution in [0.5, 0.6) is 0 Å². The Morgan fingerprint density at radius 2 is 1.95 bits per heavy atom. The Labute approximate surface area is 121 Å². The first-order valence-corrected chi connectivity index (χ1v) is 6.83. The molecule has 1 unspecified atom stereocenters. The van der Waals surface area contributed by atoms with Gasteiger partial charge >= 0.3 is 6.09 Å². The van der Waals surface area contributed by atoms with Crippen molar-refractivity contribution in [3.63, 3.8) is 0 Å². The van der Waals surface area contributed by atoms with Crippen molar-refractivity contribution in [2.75, 3.05) is 6.54 Å². The Balaban J connectivity index is 2.89. The molecule has 0 N–H and O–H groups in total. The summed E-state index contributed by atoms with van der Waals surface area (Å²) < 4.78 is 5.46. The van der Waals surface area contributed by atoms with E-state index in [1.54, 1.807) is 4.90 Å². The zero-order chi connectivity index (χ0) is 15.2. The second-order valence-electron chi connectivity index (χ2n) is 5.71. The van der Waals surface area contributed by atoms with Gasteiger partial charge in [-0.2, -0.15) is 0 Å². The molecule has 0 saturated carbocycles. The molecule has 20 heavy (non-hydrogen) atoms. The molecule has 0 bridgehead atoms. The zero-order valence-corrected chi connectivity index (χ0v) is 12.7. The van der Waals surface area contributed by atoms with Crippen molar-refractivity contribution in [1.82, 2.24) is 4.90 Å². The van der Waals surface area contributed by atoms with Crippen LogP contribution in [0.4, 0.5) is 4.79 Å². The number of rotatable bonds is 4. The minimum atomic E-state index is -0.512. The fraction of sp³-hybridized carbons (Fsp3) is 0.471. The van der Waals surface area contributed by atoms with Gasteiger partial charge in [0.05, 0.1) is 6.04 Å². The van der Waals surface area contributed by atoms with Crippen LogP contribution < -0.4 is 0 Å². The molecular formula is C17H23NO2. The fourth-order valence-corrected chi connectivity index (χ4v) is 1.86. The molecular weight excluding hydrogens is 250 g/mol. The van der Waals surface area contributed by atoms with E-state index in [0.717, 1.165) is 5.56 Å². The summed E-state index contributed by atoms with van der Waals surface area (Å²) in [5, 5.41) is 0. The standard InChI is InChI=1S/C17H23NO2/c1-6-7-13-18(16(19)20-17(3,4)5)14(2)15-11-9-8-10-12-15/h1,8-12,14H,7,13H2,2-5H3. The fourth-order valence-electron chi connectivity index (χ4n) is 1.86. The number of amides is 1. The number of nitrogens with zero attached hydrogens (tertiary/aromatic N) is 1. The average Bonchev–Trinajstić information content (AvgIpc) is 2.38. The summed E-state index contributed by atoms with van der Waals surface area (Å²) in [6.07, 6.45) is 5.50. The smallest absolute Gasteiger partial charge is 0.410 e. The molecule has 1 amide bonds. The SMILES string of the molecule is C#CCCN(C(=O)OC(C)(C)C)C(C)c1ccccc1. The normalized spacial score (nSPS) is 12.3. The first-order valence-electron chi connectivity index (χ1n) is 6.83. The van der Waals surface area contributed by atoms with Gasteiger partial charge in [-0.3, -0.25) is 0 Å². The Morgan fingerprint density at radius 1 is 1.35 bits per heavy atom. The summed E-state index contributed by atoms with van der Waals surface area (Å²) >= 11 is 0. The molecule has 0 radical (unpaired) electrons. The molecule has 1 atom stereocenters. The van der Waals surface area contributed by atoms with Crippen molar-refractivity contribution in [2.24, 2.45) is 0 Å². The number of carbonyl (C=O) groups is 1. The van der Waals surface area contributed by atoms with Gasteiger partial charge in [0.25, 0.3) is 0 Å². The average molecular weight is 273 g/mol. The van der Waals surface area contributed by atoms with Crippen LogP contribution in [-0.4, -0.2) is 23.1 Å². The third-order valence-electron chi connectivity index (χ3n) is 2.87. The van der Waals surface area contributed by atoms with Crippen molar-refractivity contribution in [2.45, 2.75) is 45.8 Å². The minimum absolute atomic E-state index is 0.0700. The van der Waals surface area contributed by atoms with Crippen LogP contribution >= 0.6 is 0 Å². The van der Waals surface area contributed by atoms with Gasteiger partial charge in [-0.25, -0.2) is 4.79 Å². The molecule has 1 aromatic carbocycles. The summed E-state index contributed by atoms with van der Waals surface area (Å²) in [6.45, 7) is 8.05. The van der Waals surface area contributed by atoms with Gasteiger partial charge in [-0.15, -0.1) is 12.3 Å². The van der Waals surface area contributed by atoms with Crippen LogP contribution in [0.2, 0.25) is 0 Å². The summed E-state index contributed by atoms with van der Waals surface area (Å²) in [4.78, 5) is 14.0. The topological polar surface area (TPSA) is 29.5 Å². The van der Waals surface area contributed by atoms with Crippen LogP contribution in [0.15, 0.2) is 30.3 Å². The predicted octanol–water partition coefficient (Wildman–Crippen LogP) is 4.01. The molecule has 0 aliphatic carbocycles. The second kappa shape index (κ2) is 7.00. The number of hydrogen-bond donors (Lipinski definition) is 0. The Hall–Kier alpha value is -1.95. The van der Waals surface area contributed by atoms with Gasteiger partial charge in [0.1, 0.15) is 5.60 Å². The highest BCUT2D eigenvalue weighted by Crippen LogP contribution is 2.22. The van der Waals surface area contributed by atoms with E-state index < -0.39 is 5.60 Å². The van der Waals surface area contributed by atoms with E-state index in [1.165, 1.54) is 0 Å². The van der Waals surface area contributed by atoms with Crippen molar-refractivity contribution >= 4 is 6.09 Å². The van der Waals surface area contributed by atoms with E-state index in [9.17, 15) is 4.79 Å². The lowest BCUT2D eigenvalue weighted by Gasteiger charge is -2.31. The molecule has 0 aliphatic heterocycles. The van der Waals surface area contributed by atoms with Gasteiger partial charge in [-0.05, 0) is 33.3 Å². The number of carbonyl (C=O) groups excluding carboxylic acids is 1. The third kappa shape index (κ3) is 4.97. The van der Waals surface area contributed by atoms with E-state index in [4.69, 9.17) is 11.2 Å². The lowest BCUT2D eigenvalue weighted by atomic mass is 10.1. The molecule has 3 heteroatoms. The van der Waals surface area contributed by atoms with Crippen LogP contribution in [0.3, 0.4) is 0 Å². The Kier molecular flexibility index (Phi) is 5.64. The van der Waals surface area contributed by atoms with Gasteiger partial charge in [-0.1, -0.05) is 30.3 Å². The Bertz CT molecular complexity index is 468. The van der Waals surface area contributed by atoms with Crippen LogP contribution in [-0.2, 0) is 4.74 Å². The summed E-state index contributed by atoms with van der Waals surface area (Å²) in [5.41, 5.74) is 0.553. The molecule has 0 saturated heterocycles. The van der Waals surface area contributed by atoms with Crippen LogP contribution in [0.1, 0.15) is 45.7 Å². The van der Waals surface area contributed by atoms with E-state index >= 15 is 0 Å². The number of benzene rings is 1. The molecule has 0 fully saturated rings. The second-order valence-corrected chi connectivity index (χ2v) is 5.71. The van der Waals surface area contributed by atoms with Crippen LogP contribution in [0, 0.1) is 12.3 Å². The van der Waals surface area contributed by atoms with E-state index in [0.29, 0.717) is 13.0 Å². The van der Waals surface area contributed by atoms with Crippen molar-refractivity contribution in [1.29, 1.82) is 0 Å². The summed E-state index contributed by atoms with van der Waals surface area (Å²) in [7, 11) is 0. The van der Waals surface area contributed by atoms with E-state index in [2.05, 4.69) is 5.92 Å². The minimum Gasteiger partial charge on any atom is -0.444 e. The van der Waals surface area contributed by atoms with Gasteiger partial charge in [0, 0.05) is 13.0 Å². The van der Waals surface area contributed by atoms with Crippen molar-refractivity contribution in [3.05, 3.63) is 35.9 Å². The van der Waals surface area contributed by atoms with Crippen LogP contribution in [0.25, 0.3) is 0 Å². The molecule has 0 aliphatic rings. The summed E-state index contributed by atoms with van der Waals surface area (Å²) in [6, 6.07) is 9.80. The monoisotopic (exact) mass is 273 g/mol. The first kappa shape index (κ1) is 16.1. The largest absolute Gasteiger partial charge is 0.444 e. The molecule has 3 nitrogen and oxygen atoms in total.